The minimum absolute atomic E-state index is 0.0291. The van der Waals surface area contributed by atoms with Gasteiger partial charge < -0.3 is 10.4 Å². The van der Waals surface area contributed by atoms with E-state index in [0.29, 0.717) is 6.42 Å². The Bertz CT molecular complexity index is 598. The number of hydrogen-bond acceptors (Lipinski definition) is 2. The van der Waals surface area contributed by atoms with Gasteiger partial charge in [-0.1, -0.05) is 67.6 Å². The highest BCUT2D eigenvalue weighted by molar-refractivity contribution is 5.78. The third-order valence-corrected chi connectivity index (χ3v) is 4.33. The van der Waals surface area contributed by atoms with Crippen molar-refractivity contribution >= 4 is 5.91 Å². The minimum atomic E-state index is -0.125. The molecule has 0 saturated carbocycles. The van der Waals surface area contributed by atoms with E-state index in [1.54, 1.807) is 0 Å². The van der Waals surface area contributed by atoms with E-state index in [2.05, 4.69) is 17.4 Å². The van der Waals surface area contributed by atoms with Crippen LogP contribution in [0.2, 0.25) is 0 Å². The monoisotopic (exact) mass is 325 g/mol. The third kappa shape index (κ3) is 5.82. The van der Waals surface area contributed by atoms with Crippen molar-refractivity contribution in [2.75, 3.05) is 6.61 Å². The predicted molar refractivity (Wildman–Crippen MR) is 97.6 cm³/mol. The van der Waals surface area contributed by atoms with E-state index in [0.717, 1.165) is 24.8 Å². The fraction of sp³-hybridized carbons (Fsp3) is 0.381. The van der Waals surface area contributed by atoms with Crippen LogP contribution < -0.4 is 5.32 Å². The number of carbonyl (C=O) groups excluding carboxylic acids is 1. The minimum Gasteiger partial charge on any atom is -0.396 e. The summed E-state index contributed by atoms with van der Waals surface area (Å²) in [7, 11) is 0. The fourth-order valence-corrected chi connectivity index (χ4v) is 2.84. The average Bonchev–Trinajstić information content (AvgIpc) is 2.63. The molecule has 2 aromatic rings. The van der Waals surface area contributed by atoms with E-state index < -0.39 is 0 Å². The topological polar surface area (TPSA) is 49.3 Å². The second kappa shape index (κ2) is 9.89. The number of amides is 1. The van der Waals surface area contributed by atoms with Gasteiger partial charge in [-0.3, -0.25) is 4.79 Å². The van der Waals surface area contributed by atoms with Gasteiger partial charge >= 0.3 is 0 Å². The van der Waals surface area contributed by atoms with Crippen LogP contribution in [0, 0.1) is 5.92 Å². The molecule has 0 aliphatic heterocycles. The molecule has 3 nitrogen and oxygen atoms in total. The standard InChI is InChI=1S/C21H27NO2/c1-17(9-8-12-18-10-4-2-5-11-18)21(24)22-20(15-16-23)19-13-6-3-7-14-19/h2-7,10-11,13-14,17,20,23H,8-9,12,15-16H2,1H3,(H,22,24)/t17-,20-/m0/s1. The fourth-order valence-electron chi connectivity index (χ4n) is 2.84. The van der Waals surface area contributed by atoms with Gasteiger partial charge in [0.15, 0.2) is 0 Å². The number of rotatable bonds is 9. The summed E-state index contributed by atoms with van der Waals surface area (Å²) in [6.45, 7) is 2.03. The quantitative estimate of drug-likeness (QED) is 0.735. The van der Waals surface area contributed by atoms with E-state index in [1.165, 1.54) is 5.56 Å². The highest BCUT2D eigenvalue weighted by Crippen LogP contribution is 2.18. The van der Waals surface area contributed by atoms with Crippen molar-refractivity contribution in [2.45, 2.75) is 38.6 Å². The number of aliphatic hydroxyl groups excluding tert-OH is 1. The van der Waals surface area contributed by atoms with Gasteiger partial charge in [0.1, 0.15) is 0 Å². The molecule has 0 aliphatic rings. The summed E-state index contributed by atoms with van der Waals surface area (Å²) in [6, 6.07) is 20.1. The van der Waals surface area contributed by atoms with Crippen molar-refractivity contribution in [1.82, 2.24) is 5.32 Å². The molecular weight excluding hydrogens is 298 g/mol. The summed E-state index contributed by atoms with van der Waals surface area (Å²) in [5.74, 6) is 0.0315. The van der Waals surface area contributed by atoms with E-state index in [-0.39, 0.29) is 24.5 Å². The van der Waals surface area contributed by atoms with E-state index in [4.69, 9.17) is 0 Å². The highest BCUT2D eigenvalue weighted by Gasteiger charge is 2.18. The zero-order valence-electron chi connectivity index (χ0n) is 14.3. The summed E-state index contributed by atoms with van der Waals surface area (Å²) < 4.78 is 0. The Morgan fingerprint density at radius 1 is 1.00 bits per heavy atom. The third-order valence-electron chi connectivity index (χ3n) is 4.33. The molecule has 2 aromatic carbocycles. The molecule has 0 unspecified atom stereocenters. The van der Waals surface area contributed by atoms with Gasteiger partial charge in [0.2, 0.25) is 5.91 Å². The molecule has 0 spiro atoms. The van der Waals surface area contributed by atoms with Gasteiger partial charge in [0, 0.05) is 12.5 Å². The number of aryl methyl sites for hydroxylation is 1. The molecule has 0 saturated heterocycles. The van der Waals surface area contributed by atoms with E-state index in [9.17, 15) is 9.90 Å². The van der Waals surface area contributed by atoms with Gasteiger partial charge in [-0.05, 0) is 36.8 Å². The number of aliphatic hydroxyl groups is 1. The molecule has 0 aliphatic carbocycles. The Morgan fingerprint density at radius 2 is 1.62 bits per heavy atom. The van der Waals surface area contributed by atoms with Crippen molar-refractivity contribution in [1.29, 1.82) is 0 Å². The molecular formula is C21H27NO2. The Labute approximate surface area is 144 Å². The zero-order chi connectivity index (χ0) is 17.2. The summed E-state index contributed by atoms with van der Waals surface area (Å²) in [4.78, 5) is 12.5. The van der Waals surface area contributed by atoms with Gasteiger partial charge in [0.05, 0.1) is 6.04 Å². The summed E-state index contributed by atoms with van der Waals surface area (Å²) in [5, 5.41) is 12.3. The molecule has 2 N–H and O–H groups in total. The first-order valence-corrected chi connectivity index (χ1v) is 8.71. The predicted octanol–water partition coefficient (Wildman–Crippen LogP) is 3.89. The number of nitrogens with one attached hydrogen (secondary N) is 1. The van der Waals surface area contributed by atoms with E-state index in [1.807, 2.05) is 55.5 Å². The van der Waals surface area contributed by atoms with Gasteiger partial charge in [-0.25, -0.2) is 0 Å². The largest absolute Gasteiger partial charge is 0.396 e. The van der Waals surface area contributed by atoms with Crippen LogP contribution in [-0.4, -0.2) is 17.6 Å². The smallest absolute Gasteiger partial charge is 0.223 e. The Hall–Kier alpha value is -2.13. The van der Waals surface area contributed by atoms with Crippen LogP contribution in [0.5, 0.6) is 0 Å². The summed E-state index contributed by atoms with van der Waals surface area (Å²) in [6.07, 6.45) is 3.39. The molecule has 0 bridgehead atoms. The maximum Gasteiger partial charge on any atom is 0.223 e. The lowest BCUT2D eigenvalue weighted by Gasteiger charge is -2.21. The molecule has 24 heavy (non-hydrogen) atoms. The molecule has 0 fully saturated rings. The number of benzene rings is 2. The van der Waals surface area contributed by atoms with Crippen LogP contribution in [0.1, 0.15) is 43.4 Å². The highest BCUT2D eigenvalue weighted by atomic mass is 16.3. The Morgan fingerprint density at radius 3 is 2.25 bits per heavy atom. The van der Waals surface area contributed by atoms with Gasteiger partial charge in [-0.15, -0.1) is 0 Å². The molecule has 0 aromatic heterocycles. The van der Waals surface area contributed by atoms with Crippen LogP contribution in [0.4, 0.5) is 0 Å². The SMILES string of the molecule is C[C@@H](CCCc1ccccc1)C(=O)N[C@@H](CCO)c1ccccc1. The number of carbonyl (C=O) groups is 1. The molecule has 128 valence electrons. The summed E-state index contributed by atoms with van der Waals surface area (Å²) >= 11 is 0. The van der Waals surface area contributed by atoms with E-state index >= 15 is 0 Å². The molecule has 0 heterocycles. The van der Waals surface area contributed by atoms with Crippen LogP contribution in [0.15, 0.2) is 60.7 Å². The van der Waals surface area contributed by atoms with Crippen molar-refractivity contribution < 1.29 is 9.90 Å². The van der Waals surface area contributed by atoms with Crippen LogP contribution in [0.25, 0.3) is 0 Å². The summed E-state index contributed by atoms with van der Waals surface area (Å²) in [5.41, 5.74) is 2.35. The van der Waals surface area contributed by atoms with Crippen molar-refractivity contribution in [3.8, 4) is 0 Å². The van der Waals surface area contributed by atoms with Gasteiger partial charge in [-0.2, -0.15) is 0 Å². The second-order valence-corrected chi connectivity index (χ2v) is 6.26. The first-order chi connectivity index (χ1) is 11.7. The average molecular weight is 325 g/mol. The molecule has 0 radical (unpaired) electrons. The Balaban J connectivity index is 1.82. The molecule has 2 atom stereocenters. The lowest BCUT2D eigenvalue weighted by atomic mass is 9.98. The first-order valence-electron chi connectivity index (χ1n) is 8.71. The lowest BCUT2D eigenvalue weighted by Crippen LogP contribution is -2.33. The second-order valence-electron chi connectivity index (χ2n) is 6.26. The Kier molecular flexibility index (Phi) is 7.50. The van der Waals surface area contributed by atoms with Crippen LogP contribution in [-0.2, 0) is 11.2 Å². The van der Waals surface area contributed by atoms with Crippen molar-refractivity contribution in [3.63, 3.8) is 0 Å². The molecule has 2 rings (SSSR count). The maximum atomic E-state index is 12.5. The lowest BCUT2D eigenvalue weighted by molar-refractivity contribution is -0.125. The molecule has 1 amide bonds. The maximum absolute atomic E-state index is 12.5. The van der Waals surface area contributed by atoms with Crippen LogP contribution in [0.3, 0.4) is 0 Å². The first kappa shape index (κ1) is 18.2. The number of hydrogen-bond donors (Lipinski definition) is 2. The normalized spacial score (nSPS) is 13.2. The van der Waals surface area contributed by atoms with Crippen molar-refractivity contribution in [2.24, 2.45) is 5.92 Å². The van der Waals surface area contributed by atoms with Crippen LogP contribution >= 0.6 is 0 Å². The van der Waals surface area contributed by atoms with Crippen molar-refractivity contribution in [3.05, 3.63) is 71.8 Å². The van der Waals surface area contributed by atoms with Gasteiger partial charge in [0.25, 0.3) is 0 Å². The molecule has 3 heteroatoms. The zero-order valence-corrected chi connectivity index (χ0v) is 14.3.